The molecule has 0 saturated heterocycles. The van der Waals surface area contributed by atoms with Crippen LogP contribution in [0.1, 0.15) is 19.4 Å². The van der Waals surface area contributed by atoms with Gasteiger partial charge in [-0.25, -0.2) is 4.52 Å². The Morgan fingerprint density at radius 2 is 2.35 bits per heavy atom. The number of nitrogens with one attached hydrogen (secondary N) is 1. The van der Waals surface area contributed by atoms with Gasteiger partial charge in [0.15, 0.2) is 0 Å². The molecule has 92 valence electrons. The van der Waals surface area contributed by atoms with Gasteiger partial charge in [-0.2, -0.15) is 5.10 Å². The van der Waals surface area contributed by atoms with Gasteiger partial charge in [0.25, 0.3) is 0 Å². The van der Waals surface area contributed by atoms with E-state index in [1.807, 2.05) is 36.0 Å². The van der Waals surface area contributed by atoms with E-state index in [1.54, 1.807) is 0 Å². The fraction of sp³-hybridized carbons (Fsp3) is 0.462. The minimum Gasteiger partial charge on any atom is -0.377 e. The van der Waals surface area contributed by atoms with E-state index in [2.05, 4.69) is 23.4 Å². The molecule has 0 aliphatic rings. The lowest BCUT2D eigenvalue weighted by Crippen LogP contribution is -2.26. The summed E-state index contributed by atoms with van der Waals surface area (Å²) in [6.07, 6.45) is 4.12. The number of fused-ring (bicyclic) bond motifs is 1. The van der Waals surface area contributed by atoms with Crippen LogP contribution in [0, 0.1) is 0 Å². The summed E-state index contributed by atoms with van der Waals surface area (Å²) in [6, 6.07) is 6.09. The first-order valence-corrected chi connectivity index (χ1v) is 6.05. The zero-order chi connectivity index (χ0) is 12.1. The molecule has 0 aliphatic carbocycles. The van der Waals surface area contributed by atoms with E-state index >= 15 is 0 Å². The molecule has 0 aliphatic heterocycles. The van der Waals surface area contributed by atoms with Crippen molar-refractivity contribution in [3.05, 3.63) is 36.2 Å². The van der Waals surface area contributed by atoms with Gasteiger partial charge in [-0.15, -0.1) is 0 Å². The lowest BCUT2D eigenvalue weighted by molar-refractivity contribution is 0.0759. The van der Waals surface area contributed by atoms with Crippen LogP contribution in [0.2, 0.25) is 0 Å². The number of pyridine rings is 1. The maximum absolute atomic E-state index is 5.47. The minimum atomic E-state index is 0.252. The van der Waals surface area contributed by atoms with E-state index in [4.69, 9.17) is 4.74 Å². The van der Waals surface area contributed by atoms with Crippen LogP contribution in [-0.2, 0) is 11.3 Å². The lowest BCUT2D eigenvalue weighted by Gasteiger charge is -2.11. The molecule has 0 bridgehead atoms. The molecule has 1 unspecified atom stereocenters. The molecule has 2 rings (SSSR count). The Morgan fingerprint density at radius 3 is 3.18 bits per heavy atom. The molecule has 4 heteroatoms. The van der Waals surface area contributed by atoms with Gasteiger partial charge in [-0.1, -0.05) is 6.07 Å². The first-order chi connectivity index (χ1) is 8.31. The van der Waals surface area contributed by atoms with Crippen molar-refractivity contribution in [3.63, 3.8) is 0 Å². The van der Waals surface area contributed by atoms with Gasteiger partial charge >= 0.3 is 0 Å². The molecule has 0 radical (unpaired) electrons. The third kappa shape index (κ3) is 3.05. The number of hydrogen-bond donors (Lipinski definition) is 1. The molecular weight excluding hydrogens is 214 g/mol. The highest BCUT2D eigenvalue weighted by Gasteiger charge is 2.04. The Hall–Kier alpha value is -1.39. The maximum atomic E-state index is 5.47. The van der Waals surface area contributed by atoms with E-state index in [9.17, 15) is 0 Å². The van der Waals surface area contributed by atoms with Gasteiger partial charge in [-0.3, -0.25) is 0 Å². The summed E-state index contributed by atoms with van der Waals surface area (Å²) in [5, 5.41) is 7.68. The van der Waals surface area contributed by atoms with Gasteiger partial charge in [0.2, 0.25) is 0 Å². The summed E-state index contributed by atoms with van der Waals surface area (Å²) < 4.78 is 7.36. The van der Waals surface area contributed by atoms with Gasteiger partial charge < -0.3 is 10.1 Å². The quantitative estimate of drug-likeness (QED) is 0.827. The van der Waals surface area contributed by atoms with Crippen molar-refractivity contribution in [2.75, 3.05) is 13.2 Å². The van der Waals surface area contributed by atoms with E-state index < -0.39 is 0 Å². The Balaban J connectivity index is 1.91. The summed E-state index contributed by atoms with van der Waals surface area (Å²) >= 11 is 0. The van der Waals surface area contributed by atoms with Crippen molar-refractivity contribution >= 4 is 5.52 Å². The van der Waals surface area contributed by atoms with Crippen molar-refractivity contribution in [2.45, 2.75) is 26.5 Å². The maximum Gasteiger partial charge on any atom is 0.0706 e. The molecule has 0 amide bonds. The van der Waals surface area contributed by atoms with Crippen LogP contribution >= 0.6 is 0 Å². The van der Waals surface area contributed by atoms with E-state index in [0.717, 1.165) is 25.2 Å². The largest absolute Gasteiger partial charge is 0.377 e. The third-order valence-corrected chi connectivity index (χ3v) is 2.70. The third-order valence-electron chi connectivity index (χ3n) is 2.70. The topological polar surface area (TPSA) is 38.6 Å². The molecule has 17 heavy (non-hydrogen) atoms. The van der Waals surface area contributed by atoms with Crippen LogP contribution in [0.25, 0.3) is 5.52 Å². The van der Waals surface area contributed by atoms with Gasteiger partial charge in [0, 0.05) is 31.5 Å². The number of hydrogen-bond acceptors (Lipinski definition) is 3. The monoisotopic (exact) mass is 233 g/mol. The zero-order valence-electron chi connectivity index (χ0n) is 10.4. The Bertz CT molecular complexity index is 466. The predicted octanol–water partition coefficient (Wildman–Crippen LogP) is 1.85. The normalized spacial score (nSPS) is 13.1. The summed E-state index contributed by atoms with van der Waals surface area (Å²) in [7, 11) is 0. The van der Waals surface area contributed by atoms with Crippen molar-refractivity contribution in [1.82, 2.24) is 14.9 Å². The smallest absolute Gasteiger partial charge is 0.0706 e. The molecule has 0 saturated carbocycles. The Morgan fingerprint density at radius 1 is 1.47 bits per heavy atom. The summed E-state index contributed by atoms with van der Waals surface area (Å²) in [5.74, 6) is 0. The molecule has 0 fully saturated rings. The second-order valence-corrected chi connectivity index (χ2v) is 4.10. The van der Waals surface area contributed by atoms with Crippen LogP contribution < -0.4 is 5.32 Å². The SMILES string of the molecule is CCOC(C)CNCc1cnn2ccccc12. The average molecular weight is 233 g/mol. The van der Waals surface area contributed by atoms with E-state index in [-0.39, 0.29) is 6.10 Å². The highest BCUT2D eigenvalue weighted by atomic mass is 16.5. The zero-order valence-corrected chi connectivity index (χ0v) is 10.4. The first kappa shape index (κ1) is 12.1. The molecule has 0 aromatic carbocycles. The number of aromatic nitrogens is 2. The molecule has 0 spiro atoms. The summed E-state index contributed by atoms with van der Waals surface area (Å²) in [5.41, 5.74) is 2.37. The Kier molecular flexibility index (Phi) is 4.12. The Labute approximate surface area is 102 Å². The molecule has 2 aromatic heterocycles. The summed E-state index contributed by atoms with van der Waals surface area (Å²) in [6.45, 7) is 6.54. The van der Waals surface area contributed by atoms with Crippen molar-refractivity contribution in [2.24, 2.45) is 0 Å². The van der Waals surface area contributed by atoms with Crippen LogP contribution in [0.15, 0.2) is 30.6 Å². The average Bonchev–Trinajstić information content (AvgIpc) is 2.73. The van der Waals surface area contributed by atoms with E-state index in [1.165, 1.54) is 5.56 Å². The highest BCUT2D eigenvalue weighted by Crippen LogP contribution is 2.09. The van der Waals surface area contributed by atoms with Crippen molar-refractivity contribution in [3.8, 4) is 0 Å². The number of ether oxygens (including phenoxy) is 1. The van der Waals surface area contributed by atoms with Crippen LogP contribution in [0.3, 0.4) is 0 Å². The highest BCUT2D eigenvalue weighted by molar-refractivity contribution is 5.53. The second kappa shape index (κ2) is 5.80. The van der Waals surface area contributed by atoms with Crippen LogP contribution in [0.5, 0.6) is 0 Å². The van der Waals surface area contributed by atoms with Crippen molar-refractivity contribution in [1.29, 1.82) is 0 Å². The molecule has 2 aromatic rings. The minimum absolute atomic E-state index is 0.252. The fourth-order valence-corrected chi connectivity index (χ4v) is 1.88. The number of nitrogens with zero attached hydrogens (tertiary/aromatic N) is 2. The van der Waals surface area contributed by atoms with E-state index in [0.29, 0.717) is 0 Å². The number of rotatable bonds is 6. The molecule has 1 atom stereocenters. The standard InChI is InChI=1S/C13H19N3O/c1-3-17-11(2)8-14-9-12-10-15-16-7-5-4-6-13(12)16/h4-7,10-11,14H,3,8-9H2,1-2H3. The molecule has 2 heterocycles. The van der Waals surface area contributed by atoms with Gasteiger partial charge in [0.1, 0.15) is 0 Å². The first-order valence-electron chi connectivity index (χ1n) is 6.05. The van der Waals surface area contributed by atoms with Crippen LogP contribution in [-0.4, -0.2) is 28.9 Å². The summed E-state index contributed by atoms with van der Waals surface area (Å²) in [4.78, 5) is 0. The van der Waals surface area contributed by atoms with Gasteiger partial charge in [0.05, 0.1) is 17.8 Å². The predicted molar refractivity (Wildman–Crippen MR) is 68.0 cm³/mol. The van der Waals surface area contributed by atoms with Gasteiger partial charge in [-0.05, 0) is 26.0 Å². The fourth-order valence-electron chi connectivity index (χ4n) is 1.88. The van der Waals surface area contributed by atoms with Crippen molar-refractivity contribution < 1.29 is 4.74 Å². The molecule has 4 nitrogen and oxygen atoms in total. The lowest BCUT2D eigenvalue weighted by atomic mass is 10.2. The second-order valence-electron chi connectivity index (χ2n) is 4.10. The van der Waals surface area contributed by atoms with Crippen LogP contribution in [0.4, 0.5) is 0 Å². The molecular formula is C13H19N3O. The molecule has 1 N–H and O–H groups in total.